The number of ether oxygens (including phenoxy) is 2. The number of halogens is 3. The van der Waals surface area contributed by atoms with Crippen LogP contribution in [0.3, 0.4) is 0 Å². The molecule has 0 N–H and O–H groups in total. The van der Waals surface area contributed by atoms with Crippen molar-refractivity contribution in [3.63, 3.8) is 0 Å². The number of carbonyl (C=O) groups is 1. The summed E-state index contributed by atoms with van der Waals surface area (Å²) in [5.74, 6) is -0.167. The number of hydrogen-bond donors (Lipinski definition) is 0. The summed E-state index contributed by atoms with van der Waals surface area (Å²) < 4.78 is 48.8. The lowest BCUT2D eigenvalue weighted by molar-refractivity contribution is -0.137. The second kappa shape index (κ2) is 7.69. The molecule has 1 aliphatic heterocycles. The summed E-state index contributed by atoms with van der Waals surface area (Å²) in [5.41, 5.74) is -0.406. The minimum atomic E-state index is -4.45. The summed E-state index contributed by atoms with van der Waals surface area (Å²) in [7, 11) is 0. The van der Waals surface area contributed by atoms with Gasteiger partial charge in [0.15, 0.2) is 0 Å². The van der Waals surface area contributed by atoms with Gasteiger partial charge in [0.1, 0.15) is 6.10 Å². The molecule has 0 spiro atoms. The molecule has 9 heteroatoms. The van der Waals surface area contributed by atoms with Crippen LogP contribution in [0, 0.1) is 0 Å². The quantitative estimate of drug-likeness (QED) is 0.834. The van der Waals surface area contributed by atoms with Gasteiger partial charge in [-0.25, -0.2) is 4.98 Å². The molecule has 2 aromatic rings. The van der Waals surface area contributed by atoms with Gasteiger partial charge in [-0.3, -0.25) is 9.78 Å². The van der Waals surface area contributed by atoms with Gasteiger partial charge in [-0.1, -0.05) is 0 Å². The molecule has 3 heterocycles. The van der Waals surface area contributed by atoms with Crippen molar-refractivity contribution in [1.29, 1.82) is 0 Å². The zero-order valence-corrected chi connectivity index (χ0v) is 13.6. The highest BCUT2D eigenvalue weighted by molar-refractivity contribution is 5.93. The van der Waals surface area contributed by atoms with Gasteiger partial charge in [-0.15, -0.1) is 0 Å². The molecule has 26 heavy (non-hydrogen) atoms. The number of amides is 1. The number of rotatable bonds is 3. The zero-order valence-electron chi connectivity index (χ0n) is 13.6. The first kappa shape index (κ1) is 18.1. The Labute approximate surface area is 147 Å². The minimum absolute atomic E-state index is 0.0438. The van der Waals surface area contributed by atoms with E-state index in [1.165, 1.54) is 6.20 Å². The number of carbonyl (C=O) groups excluding carboxylic acids is 1. The molecule has 1 aliphatic rings. The van der Waals surface area contributed by atoms with Gasteiger partial charge in [0, 0.05) is 31.2 Å². The predicted octanol–water partition coefficient (Wildman–Crippen LogP) is 2.42. The number of nitrogens with zero attached hydrogens (tertiary/aromatic N) is 3. The first-order valence-electron chi connectivity index (χ1n) is 7.90. The third-order valence-corrected chi connectivity index (χ3v) is 3.78. The van der Waals surface area contributed by atoms with Crippen molar-refractivity contribution in [2.75, 3.05) is 26.3 Å². The SMILES string of the molecule is O=C(c1cccnc1)N1CCOCC(Oc2ccc(C(F)(F)F)cn2)C1. The molecule has 6 nitrogen and oxygen atoms in total. The fourth-order valence-electron chi connectivity index (χ4n) is 2.50. The Balaban J connectivity index is 1.67. The molecular formula is C17H16F3N3O3. The topological polar surface area (TPSA) is 64.6 Å². The second-order valence-electron chi connectivity index (χ2n) is 5.69. The molecule has 138 valence electrons. The number of aromatic nitrogens is 2. The van der Waals surface area contributed by atoms with Crippen molar-refractivity contribution in [3.05, 3.63) is 54.0 Å². The Morgan fingerprint density at radius 3 is 2.77 bits per heavy atom. The molecule has 1 fully saturated rings. The number of hydrogen-bond acceptors (Lipinski definition) is 5. The molecule has 0 aromatic carbocycles. The maximum atomic E-state index is 12.6. The second-order valence-corrected chi connectivity index (χ2v) is 5.69. The van der Waals surface area contributed by atoms with Crippen LogP contribution in [0.5, 0.6) is 5.88 Å². The minimum Gasteiger partial charge on any atom is -0.470 e. The average Bonchev–Trinajstić information content (AvgIpc) is 2.87. The van der Waals surface area contributed by atoms with E-state index in [9.17, 15) is 18.0 Å². The monoisotopic (exact) mass is 367 g/mol. The van der Waals surface area contributed by atoms with Gasteiger partial charge >= 0.3 is 6.18 Å². The molecule has 0 aliphatic carbocycles. The van der Waals surface area contributed by atoms with Gasteiger partial charge in [0.05, 0.1) is 30.9 Å². The van der Waals surface area contributed by atoms with E-state index in [1.807, 2.05) is 0 Å². The highest BCUT2D eigenvalue weighted by Gasteiger charge is 2.31. The molecular weight excluding hydrogens is 351 g/mol. The Bertz CT molecular complexity index is 738. The van der Waals surface area contributed by atoms with Gasteiger partial charge in [-0.05, 0) is 18.2 Å². The summed E-state index contributed by atoms with van der Waals surface area (Å²) in [4.78, 5) is 21.7. The van der Waals surface area contributed by atoms with Gasteiger partial charge in [0.2, 0.25) is 5.88 Å². The molecule has 1 unspecified atom stereocenters. The van der Waals surface area contributed by atoms with Crippen molar-refractivity contribution < 1.29 is 27.4 Å². The van der Waals surface area contributed by atoms with Crippen LogP contribution < -0.4 is 4.74 Å². The predicted molar refractivity (Wildman–Crippen MR) is 84.6 cm³/mol. The van der Waals surface area contributed by atoms with Crippen LogP contribution in [0.25, 0.3) is 0 Å². The molecule has 2 aromatic heterocycles. The molecule has 0 bridgehead atoms. The molecule has 3 rings (SSSR count). The number of pyridine rings is 2. The fourth-order valence-corrected chi connectivity index (χ4v) is 2.50. The van der Waals surface area contributed by atoms with Crippen LogP contribution in [0.15, 0.2) is 42.9 Å². The van der Waals surface area contributed by atoms with Crippen LogP contribution in [-0.2, 0) is 10.9 Å². The van der Waals surface area contributed by atoms with Crippen molar-refractivity contribution in [2.45, 2.75) is 12.3 Å². The standard InChI is InChI=1S/C17H16F3N3O3/c18-17(19,20)13-3-4-15(22-9-13)26-14-10-23(6-7-25-11-14)16(24)12-2-1-5-21-8-12/h1-5,8-9,14H,6-7,10-11H2. The van der Waals surface area contributed by atoms with Crippen molar-refractivity contribution >= 4 is 5.91 Å². The van der Waals surface area contributed by atoms with Crippen molar-refractivity contribution in [1.82, 2.24) is 14.9 Å². The highest BCUT2D eigenvalue weighted by Crippen LogP contribution is 2.29. The van der Waals surface area contributed by atoms with Crippen LogP contribution in [0.2, 0.25) is 0 Å². The Morgan fingerprint density at radius 2 is 2.12 bits per heavy atom. The molecule has 1 atom stereocenters. The van der Waals surface area contributed by atoms with E-state index in [-0.39, 0.29) is 24.9 Å². The smallest absolute Gasteiger partial charge is 0.417 e. The average molecular weight is 367 g/mol. The lowest BCUT2D eigenvalue weighted by Gasteiger charge is -2.24. The first-order chi connectivity index (χ1) is 12.4. The molecule has 1 amide bonds. The van der Waals surface area contributed by atoms with Crippen molar-refractivity contribution in [2.24, 2.45) is 0 Å². The third kappa shape index (κ3) is 4.48. The number of alkyl halides is 3. The largest absolute Gasteiger partial charge is 0.470 e. The summed E-state index contributed by atoms with van der Waals surface area (Å²) in [6.07, 6.45) is -1.23. The molecule has 0 saturated carbocycles. The highest BCUT2D eigenvalue weighted by atomic mass is 19.4. The first-order valence-corrected chi connectivity index (χ1v) is 7.90. The molecule has 0 radical (unpaired) electrons. The van der Waals surface area contributed by atoms with E-state index >= 15 is 0 Å². The maximum absolute atomic E-state index is 12.6. The summed E-state index contributed by atoms with van der Waals surface area (Å²) in [5, 5.41) is 0. The van der Waals surface area contributed by atoms with E-state index in [0.717, 1.165) is 12.1 Å². The van der Waals surface area contributed by atoms with Crippen LogP contribution in [0.4, 0.5) is 13.2 Å². The van der Waals surface area contributed by atoms with Crippen LogP contribution in [-0.4, -0.2) is 53.2 Å². The maximum Gasteiger partial charge on any atom is 0.417 e. The Morgan fingerprint density at radius 1 is 1.27 bits per heavy atom. The Hall–Kier alpha value is -2.68. The summed E-state index contributed by atoms with van der Waals surface area (Å²) >= 11 is 0. The molecule has 1 saturated heterocycles. The lowest BCUT2D eigenvalue weighted by Crippen LogP contribution is -2.40. The fraction of sp³-hybridized carbons (Fsp3) is 0.353. The van der Waals surface area contributed by atoms with Crippen LogP contribution >= 0.6 is 0 Å². The van der Waals surface area contributed by atoms with Gasteiger partial charge in [-0.2, -0.15) is 13.2 Å². The van der Waals surface area contributed by atoms with E-state index in [1.54, 1.807) is 23.2 Å². The van der Waals surface area contributed by atoms with Gasteiger partial charge in [0.25, 0.3) is 5.91 Å². The zero-order chi connectivity index (χ0) is 18.6. The Kier molecular flexibility index (Phi) is 5.36. The van der Waals surface area contributed by atoms with Gasteiger partial charge < -0.3 is 14.4 Å². The van der Waals surface area contributed by atoms with Crippen molar-refractivity contribution in [3.8, 4) is 5.88 Å². The lowest BCUT2D eigenvalue weighted by atomic mass is 10.2. The third-order valence-electron chi connectivity index (χ3n) is 3.78. The normalized spacial score (nSPS) is 18.3. The van der Waals surface area contributed by atoms with E-state index in [2.05, 4.69) is 9.97 Å². The van der Waals surface area contributed by atoms with Crippen LogP contribution in [0.1, 0.15) is 15.9 Å². The summed E-state index contributed by atoms with van der Waals surface area (Å²) in [6, 6.07) is 5.38. The summed E-state index contributed by atoms with van der Waals surface area (Å²) in [6.45, 7) is 1.16. The van der Waals surface area contributed by atoms with E-state index < -0.39 is 17.8 Å². The van der Waals surface area contributed by atoms with E-state index in [0.29, 0.717) is 24.9 Å². The van der Waals surface area contributed by atoms with E-state index in [4.69, 9.17) is 9.47 Å².